The number of fused-ring (bicyclic) bond motifs is 4. The van der Waals surface area contributed by atoms with Crippen LogP contribution in [-0.2, 0) is 14.2 Å². The van der Waals surface area contributed by atoms with Crippen LogP contribution in [0.25, 0.3) is 65.3 Å². The van der Waals surface area contributed by atoms with Crippen LogP contribution in [0.3, 0.4) is 0 Å². The van der Waals surface area contributed by atoms with E-state index in [9.17, 15) is 0 Å². The molecular weight excluding hydrogens is 737 g/mol. The molecule has 294 valence electrons. The van der Waals surface area contributed by atoms with E-state index in [-0.39, 0.29) is 25.4 Å². The van der Waals surface area contributed by atoms with Crippen molar-refractivity contribution in [2.75, 3.05) is 46.2 Å². The molecule has 0 radical (unpaired) electrons. The van der Waals surface area contributed by atoms with Gasteiger partial charge in [0.2, 0.25) is 0 Å². The summed E-state index contributed by atoms with van der Waals surface area (Å²) in [6.45, 7) is 7.13. The lowest BCUT2D eigenvalue weighted by molar-refractivity contribution is 0.00639. The van der Waals surface area contributed by atoms with Crippen LogP contribution < -0.4 is 18.9 Å². The zero-order chi connectivity index (χ0) is 39.5. The van der Waals surface area contributed by atoms with Gasteiger partial charge in [-0.3, -0.25) is 0 Å². The predicted molar refractivity (Wildman–Crippen MR) is 235 cm³/mol. The fourth-order valence-corrected chi connectivity index (χ4v) is 7.93. The average molecular weight is 781 g/mol. The van der Waals surface area contributed by atoms with Gasteiger partial charge in [0.15, 0.2) is 0 Å². The first-order valence-corrected chi connectivity index (χ1v) is 20.3. The largest absolute Gasteiger partial charge is 0.490 e. The highest BCUT2D eigenvalue weighted by molar-refractivity contribution is 6.11. The maximum atomic E-state index is 6.86. The molecule has 8 aromatic carbocycles. The molecule has 0 aliphatic carbocycles. The van der Waals surface area contributed by atoms with E-state index in [2.05, 4.69) is 152 Å². The molecule has 2 saturated heterocycles. The van der Waals surface area contributed by atoms with E-state index in [4.69, 9.17) is 33.2 Å². The van der Waals surface area contributed by atoms with Crippen molar-refractivity contribution < 1.29 is 33.2 Å². The zero-order valence-electron chi connectivity index (χ0n) is 32.7. The number of hydrogen-bond acceptors (Lipinski definition) is 7. The molecule has 2 fully saturated rings. The minimum absolute atomic E-state index is 0.112. The third-order valence-electron chi connectivity index (χ3n) is 11.0. The summed E-state index contributed by atoms with van der Waals surface area (Å²) in [5.41, 5.74) is 3.90. The second-order valence-corrected chi connectivity index (χ2v) is 15.0. The lowest BCUT2D eigenvalue weighted by Crippen LogP contribution is -2.29. The molecule has 0 aromatic heterocycles. The first-order valence-electron chi connectivity index (χ1n) is 20.3. The van der Waals surface area contributed by atoms with Crippen LogP contribution in [0.15, 0.2) is 158 Å². The van der Waals surface area contributed by atoms with Gasteiger partial charge in [-0.05, 0) is 67.4 Å². The second kappa shape index (κ2) is 16.5. The van der Waals surface area contributed by atoms with E-state index in [0.717, 1.165) is 88.3 Å². The molecule has 0 saturated carbocycles. The van der Waals surface area contributed by atoms with Gasteiger partial charge in [0.1, 0.15) is 67.7 Å². The molecule has 0 bridgehead atoms. The smallest absolute Gasteiger partial charge is 0.128 e. The van der Waals surface area contributed by atoms with Crippen molar-refractivity contribution in [2.24, 2.45) is 0 Å². The van der Waals surface area contributed by atoms with Crippen molar-refractivity contribution in [3.05, 3.63) is 158 Å². The van der Waals surface area contributed by atoms with Crippen LogP contribution in [-0.4, -0.2) is 64.6 Å². The maximum absolute atomic E-state index is 6.86. The van der Waals surface area contributed by atoms with Gasteiger partial charge >= 0.3 is 0 Å². The fraction of sp³-hybridized carbons (Fsp3) is 0.192. The van der Waals surface area contributed by atoms with Gasteiger partial charge in [0.25, 0.3) is 0 Å². The Morgan fingerprint density at radius 3 is 1.10 bits per heavy atom. The Morgan fingerprint density at radius 1 is 0.458 bits per heavy atom. The monoisotopic (exact) mass is 780 g/mol. The van der Waals surface area contributed by atoms with E-state index in [1.54, 1.807) is 6.08 Å². The Labute approximate surface area is 343 Å². The van der Waals surface area contributed by atoms with Crippen LogP contribution in [0.5, 0.6) is 23.0 Å². The normalized spacial score (nSPS) is 16.3. The Bertz CT molecular complexity index is 2620. The maximum Gasteiger partial charge on any atom is 0.128 e. The summed E-state index contributed by atoms with van der Waals surface area (Å²) < 4.78 is 44.1. The Kier molecular flexibility index (Phi) is 10.3. The van der Waals surface area contributed by atoms with Crippen molar-refractivity contribution in [1.29, 1.82) is 0 Å². The molecule has 8 aromatic rings. The Hall–Kier alpha value is -6.38. The highest BCUT2D eigenvalue weighted by atomic mass is 16.6. The van der Waals surface area contributed by atoms with Crippen molar-refractivity contribution in [3.63, 3.8) is 0 Å². The Morgan fingerprint density at radius 2 is 0.780 bits per heavy atom. The summed E-state index contributed by atoms with van der Waals surface area (Å²) in [5, 5.41) is 8.73. The first-order chi connectivity index (χ1) is 29.2. The Balaban J connectivity index is 1.01. The molecule has 59 heavy (non-hydrogen) atoms. The summed E-state index contributed by atoms with van der Waals surface area (Å²) in [6, 6.07) is 50.3. The summed E-state index contributed by atoms with van der Waals surface area (Å²) in [4.78, 5) is 0. The molecular formula is C52H44O7. The van der Waals surface area contributed by atoms with Gasteiger partial charge in [0.05, 0.1) is 19.8 Å². The SMILES string of the molecule is C=CCOC(COc1ccc2ccccc2c1-c1c(OCC2CO2)ccc2ccccc12)COc1ccc2ccccc2c1-c1c(OCC2CO2)ccc2ccccc12. The van der Waals surface area contributed by atoms with Gasteiger partial charge in [-0.25, -0.2) is 0 Å². The van der Waals surface area contributed by atoms with E-state index < -0.39 is 6.10 Å². The van der Waals surface area contributed by atoms with Crippen LogP contribution in [0.4, 0.5) is 0 Å². The molecule has 2 aliphatic rings. The standard InChI is InChI=1S/C52H44O7/c1-2-27-53-38(30-56-45-23-19-34-11-3-7-15-41(34)49(45)51-43-17-9-5-13-36(43)21-25-47(51)58-32-39-28-54-39)31-57-46-24-20-35-12-4-8-16-42(35)50(46)52-44-18-10-6-14-37(44)22-26-48(52)59-33-40-29-55-40/h2-26,38-40H,1,27-33H2. The van der Waals surface area contributed by atoms with Gasteiger partial charge < -0.3 is 33.2 Å². The van der Waals surface area contributed by atoms with E-state index in [1.165, 1.54) is 0 Å². The van der Waals surface area contributed by atoms with E-state index >= 15 is 0 Å². The molecule has 0 amide bonds. The molecule has 0 N–H and O–H groups in total. The van der Waals surface area contributed by atoms with Crippen LogP contribution in [0.2, 0.25) is 0 Å². The van der Waals surface area contributed by atoms with Crippen molar-refractivity contribution in [2.45, 2.75) is 18.3 Å². The zero-order valence-corrected chi connectivity index (χ0v) is 32.7. The lowest BCUT2D eigenvalue weighted by atomic mass is 9.92. The summed E-state index contributed by atoms with van der Waals surface area (Å²) in [5.74, 6) is 3.02. The minimum Gasteiger partial charge on any atom is -0.490 e. The van der Waals surface area contributed by atoms with Gasteiger partial charge in [-0.2, -0.15) is 0 Å². The summed E-state index contributed by atoms with van der Waals surface area (Å²) >= 11 is 0. The molecule has 2 atom stereocenters. The molecule has 2 heterocycles. The number of rotatable bonds is 17. The first kappa shape index (κ1) is 36.9. The fourth-order valence-electron chi connectivity index (χ4n) is 7.93. The highest BCUT2D eigenvalue weighted by Crippen LogP contribution is 2.47. The summed E-state index contributed by atoms with van der Waals surface area (Å²) in [7, 11) is 0. The third-order valence-corrected chi connectivity index (χ3v) is 11.0. The minimum atomic E-state index is -0.447. The second-order valence-electron chi connectivity index (χ2n) is 15.0. The lowest BCUT2D eigenvalue weighted by Gasteiger charge is -2.23. The van der Waals surface area contributed by atoms with Crippen LogP contribution in [0.1, 0.15) is 0 Å². The van der Waals surface area contributed by atoms with E-state index in [1.807, 2.05) is 0 Å². The number of benzene rings is 8. The molecule has 2 unspecified atom stereocenters. The van der Waals surface area contributed by atoms with Crippen molar-refractivity contribution in [3.8, 4) is 45.3 Å². The summed E-state index contributed by atoms with van der Waals surface area (Å²) in [6.07, 6.45) is 1.53. The molecule has 7 nitrogen and oxygen atoms in total. The number of hydrogen-bond donors (Lipinski definition) is 0. The third kappa shape index (κ3) is 7.80. The van der Waals surface area contributed by atoms with Crippen molar-refractivity contribution >= 4 is 43.1 Å². The van der Waals surface area contributed by atoms with Gasteiger partial charge in [0, 0.05) is 22.3 Å². The average Bonchev–Trinajstić information content (AvgIpc) is 4.24. The van der Waals surface area contributed by atoms with Crippen molar-refractivity contribution in [1.82, 2.24) is 0 Å². The molecule has 7 heteroatoms. The quantitative estimate of drug-likeness (QED) is 0.0673. The van der Waals surface area contributed by atoms with Crippen LogP contribution >= 0.6 is 0 Å². The number of ether oxygens (including phenoxy) is 7. The highest BCUT2D eigenvalue weighted by Gasteiger charge is 2.27. The topological polar surface area (TPSA) is 71.2 Å². The molecule has 2 aliphatic heterocycles. The van der Waals surface area contributed by atoms with Gasteiger partial charge in [-0.15, -0.1) is 6.58 Å². The number of epoxide rings is 2. The predicted octanol–water partition coefficient (Wildman–Crippen LogP) is 11.2. The molecule has 0 spiro atoms. The van der Waals surface area contributed by atoms with Gasteiger partial charge in [-0.1, -0.05) is 127 Å². The van der Waals surface area contributed by atoms with E-state index in [0.29, 0.717) is 33.0 Å². The van der Waals surface area contributed by atoms with Crippen LogP contribution in [0, 0.1) is 0 Å². The molecule has 10 rings (SSSR count).